The Labute approximate surface area is 161 Å². The van der Waals surface area contributed by atoms with Crippen LogP contribution in [0.15, 0.2) is 0 Å². The molecule has 2 N–H and O–H groups in total. The highest BCUT2D eigenvalue weighted by atomic mass is 32.2. The largest absolute Gasteiger partial charge is 0.469 e. The average molecular weight is 403 g/mol. The molecule has 6 atom stereocenters. The van der Waals surface area contributed by atoms with Crippen molar-refractivity contribution in [3.8, 4) is 0 Å². The molecule has 0 aromatic heterocycles. The minimum Gasteiger partial charge on any atom is -0.469 e. The number of aliphatic hydroxyl groups is 2. The van der Waals surface area contributed by atoms with Gasteiger partial charge in [-0.05, 0) is 30.8 Å². The first-order valence-corrected chi connectivity index (χ1v) is 11.4. The number of fused-ring (bicyclic) bond motifs is 1. The standard InChI is InChI=1S/C18H26O6S2/c1-22-14(20)15-3-4-18(21)16(5-6-24-18)11(19)9-17(25-7-2-8-26-17)13(12(15)16)23-10-15/h11-13,19,21H,2-10H2,1H3/t11-,12+,13-,15+,16?,18?/m1/s1. The summed E-state index contributed by atoms with van der Waals surface area (Å²) in [7, 11) is 1.42. The quantitative estimate of drug-likeness (QED) is 0.637. The van der Waals surface area contributed by atoms with Gasteiger partial charge in [-0.2, -0.15) is 0 Å². The molecule has 0 aromatic carbocycles. The van der Waals surface area contributed by atoms with Crippen LogP contribution >= 0.6 is 23.5 Å². The van der Waals surface area contributed by atoms with Crippen molar-refractivity contribution >= 4 is 29.5 Å². The minimum atomic E-state index is -1.38. The lowest BCUT2D eigenvalue weighted by Gasteiger charge is -2.62. The zero-order valence-electron chi connectivity index (χ0n) is 14.9. The van der Waals surface area contributed by atoms with E-state index >= 15 is 0 Å². The number of hydrogen-bond acceptors (Lipinski definition) is 8. The highest BCUT2D eigenvalue weighted by Gasteiger charge is 2.80. The summed E-state index contributed by atoms with van der Waals surface area (Å²) in [6.45, 7) is 0.712. The van der Waals surface area contributed by atoms with E-state index in [-0.39, 0.29) is 22.1 Å². The molecule has 5 fully saturated rings. The van der Waals surface area contributed by atoms with Crippen molar-refractivity contribution in [2.45, 2.75) is 54.2 Å². The number of carbonyl (C=O) groups excluding carboxylic acids is 1. The third-order valence-electron chi connectivity index (χ3n) is 7.55. The van der Waals surface area contributed by atoms with Gasteiger partial charge in [-0.3, -0.25) is 4.79 Å². The molecule has 5 aliphatic rings. The van der Waals surface area contributed by atoms with E-state index in [0.717, 1.165) is 17.9 Å². The van der Waals surface area contributed by atoms with E-state index in [1.807, 2.05) is 23.5 Å². The van der Waals surface area contributed by atoms with Crippen molar-refractivity contribution in [1.29, 1.82) is 0 Å². The highest BCUT2D eigenvalue weighted by molar-refractivity contribution is 8.18. The topological polar surface area (TPSA) is 85.2 Å². The molecular weight excluding hydrogens is 376 g/mol. The Morgan fingerprint density at radius 1 is 1.23 bits per heavy atom. The lowest BCUT2D eigenvalue weighted by Crippen LogP contribution is -2.72. The van der Waals surface area contributed by atoms with Crippen molar-refractivity contribution in [1.82, 2.24) is 0 Å². The van der Waals surface area contributed by atoms with E-state index in [2.05, 4.69) is 0 Å². The van der Waals surface area contributed by atoms with E-state index in [1.165, 1.54) is 7.11 Å². The normalized spacial score (nSPS) is 51.7. The first-order valence-electron chi connectivity index (χ1n) is 9.47. The fourth-order valence-electron chi connectivity index (χ4n) is 6.47. The zero-order valence-corrected chi connectivity index (χ0v) is 16.6. The molecule has 3 saturated heterocycles. The number of esters is 1. The third-order valence-corrected chi connectivity index (χ3v) is 11.0. The zero-order chi connectivity index (χ0) is 18.2. The lowest BCUT2D eigenvalue weighted by atomic mass is 9.46. The van der Waals surface area contributed by atoms with Crippen LogP contribution in [0.2, 0.25) is 0 Å². The Morgan fingerprint density at radius 3 is 2.73 bits per heavy atom. The Kier molecular flexibility index (Phi) is 4.01. The number of methoxy groups -OCH3 is 1. The number of rotatable bonds is 1. The maximum atomic E-state index is 12.9. The summed E-state index contributed by atoms with van der Waals surface area (Å²) in [6, 6.07) is 0. The van der Waals surface area contributed by atoms with Gasteiger partial charge in [-0.25, -0.2) is 0 Å². The van der Waals surface area contributed by atoms with E-state index < -0.39 is 22.7 Å². The van der Waals surface area contributed by atoms with E-state index in [4.69, 9.17) is 14.2 Å². The van der Waals surface area contributed by atoms with Gasteiger partial charge in [-0.1, -0.05) is 0 Å². The molecular formula is C18H26O6S2. The van der Waals surface area contributed by atoms with Gasteiger partial charge in [0, 0.05) is 18.8 Å². The molecule has 5 rings (SSSR count). The van der Waals surface area contributed by atoms with Crippen molar-refractivity contribution < 1.29 is 29.2 Å². The Morgan fingerprint density at radius 2 is 2.00 bits per heavy atom. The monoisotopic (exact) mass is 402 g/mol. The molecule has 0 radical (unpaired) electrons. The molecule has 3 heterocycles. The number of thioether (sulfide) groups is 2. The predicted molar refractivity (Wildman–Crippen MR) is 97.8 cm³/mol. The van der Waals surface area contributed by atoms with Crippen LogP contribution in [0.1, 0.15) is 32.1 Å². The predicted octanol–water partition coefficient (Wildman–Crippen LogP) is 1.38. The fraction of sp³-hybridized carbons (Fsp3) is 0.944. The smallest absolute Gasteiger partial charge is 0.314 e. The number of ether oxygens (including phenoxy) is 3. The van der Waals surface area contributed by atoms with Gasteiger partial charge in [0.1, 0.15) is 0 Å². The molecule has 6 nitrogen and oxygen atoms in total. The summed E-state index contributed by atoms with van der Waals surface area (Å²) < 4.78 is 17.1. The van der Waals surface area contributed by atoms with Gasteiger partial charge < -0.3 is 24.4 Å². The van der Waals surface area contributed by atoms with Gasteiger partial charge in [0.25, 0.3) is 0 Å². The summed E-state index contributed by atoms with van der Waals surface area (Å²) in [6.07, 6.45) is 2.15. The van der Waals surface area contributed by atoms with E-state index in [0.29, 0.717) is 38.9 Å². The summed E-state index contributed by atoms with van der Waals surface area (Å²) in [5, 5.41) is 22.8. The number of carbonyl (C=O) groups is 1. The second-order valence-electron chi connectivity index (χ2n) is 8.36. The van der Waals surface area contributed by atoms with Crippen LogP contribution in [0.3, 0.4) is 0 Å². The SMILES string of the molecule is COC(=O)[C@@]12CCC3(O)OCCC34[C@H](O)CC3(SCCCS3)[C@H](OC1)[C@H]42. The Bertz CT molecular complexity index is 625. The van der Waals surface area contributed by atoms with E-state index in [1.54, 1.807) is 0 Å². The van der Waals surface area contributed by atoms with Gasteiger partial charge >= 0.3 is 5.97 Å². The molecule has 0 amide bonds. The first-order chi connectivity index (χ1) is 12.4. The second-order valence-corrected chi connectivity index (χ2v) is 11.5. The van der Waals surface area contributed by atoms with Gasteiger partial charge in [0.2, 0.25) is 0 Å². The van der Waals surface area contributed by atoms with Gasteiger partial charge in [0.15, 0.2) is 5.79 Å². The minimum absolute atomic E-state index is 0.186. The van der Waals surface area contributed by atoms with Crippen LogP contribution in [0.25, 0.3) is 0 Å². The van der Waals surface area contributed by atoms with Crippen LogP contribution in [-0.2, 0) is 19.0 Å². The molecule has 2 saturated carbocycles. The fourth-order valence-corrected chi connectivity index (χ4v) is 10.0. The highest BCUT2D eigenvalue weighted by Crippen LogP contribution is 2.73. The van der Waals surface area contributed by atoms with Crippen molar-refractivity contribution in [3.63, 3.8) is 0 Å². The number of hydrogen-bond donors (Lipinski definition) is 2. The molecule has 0 bridgehead atoms. The van der Waals surface area contributed by atoms with E-state index in [9.17, 15) is 15.0 Å². The van der Waals surface area contributed by atoms with Gasteiger partial charge in [0.05, 0.1) is 47.4 Å². The van der Waals surface area contributed by atoms with Crippen molar-refractivity contribution in [3.05, 3.63) is 0 Å². The Hall–Kier alpha value is 0.01000. The van der Waals surface area contributed by atoms with Crippen molar-refractivity contribution in [2.24, 2.45) is 16.7 Å². The molecule has 2 unspecified atom stereocenters. The summed E-state index contributed by atoms with van der Waals surface area (Å²) in [5.74, 6) is 0.127. The molecule has 0 aromatic rings. The van der Waals surface area contributed by atoms with Gasteiger partial charge in [-0.15, -0.1) is 23.5 Å². The summed E-state index contributed by atoms with van der Waals surface area (Å²) in [4.78, 5) is 12.9. The Balaban J connectivity index is 1.68. The average Bonchev–Trinajstić information content (AvgIpc) is 3.20. The molecule has 8 heteroatoms. The molecule has 146 valence electrons. The van der Waals surface area contributed by atoms with Crippen LogP contribution < -0.4 is 0 Å². The molecule has 26 heavy (non-hydrogen) atoms. The summed E-state index contributed by atoms with van der Waals surface area (Å²) in [5.41, 5.74) is -1.66. The van der Waals surface area contributed by atoms with Crippen LogP contribution in [-0.4, -0.2) is 70.1 Å². The molecule has 2 aliphatic carbocycles. The van der Waals surface area contributed by atoms with Crippen LogP contribution in [0.5, 0.6) is 0 Å². The van der Waals surface area contributed by atoms with Crippen LogP contribution in [0.4, 0.5) is 0 Å². The first kappa shape index (κ1) is 18.1. The van der Waals surface area contributed by atoms with Crippen LogP contribution in [0, 0.1) is 16.7 Å². The molecule has 3 aliphatic heterocycles. The third kappa shape index (κ3) is 1.94. The van der Waals surface area contributed by atoms with Crippen molar-refractivity contribution in [2.75, 3.05) is 31.8 Å². The maximum Gasteiger partial charge on any atom is 0.314 e. The maximum absolute atomic E-state index is 12.9. The molecule has 2 spiro atoms. The lowest BCUT2D eigenvalue weighted by molar-refractivity contribution is -0.309. The second kappa shape index (κ2) is 5.76. The summed E-state index contributed by atoms with van der Waals surface area (Å²) >= 11 is 3.71. The number of aliphatic hydroxyl groups excluding tert-OH is 1.